The third kappa shape index (κ3) is 3.64. The number of rotatable bonds is 3. The molecule has 8 rings (SSSR count). The van der Waals surface area contributed by atoms with Crippen LogP contribution in [-0.2, 0) is 0 Å². The first-order valence-corrected chi connectivity index (χ1v) is 14.4. The van der Waals surface area contributed by atoms with Crippen LogP contribution in [0.3, 0.4) is 0 Å². The number of nitrogens with zero attached hydrogens (tertiary/aromatic N) is 2. The fourth-order valence-electron chi connectivity index (χ4n) is 6.08. The third-order valence-corrected chi connectivity index (χ3v) is 9.18. The Hall–Kier alpha value is -5.68. The van der Waals surface area contributed by atoms with Gasteiger partial charge in [0.25, 0.3) is 0 Å². The minimum atomic E-state index is 0.471. The van der Waals surface area contributed by atoms with Crippen LogP contribution in [0.25, 0.3) is 75.5 Å². The van der Waals surface area contributed by atoms with Gasteiger partial charge >= 0.3 is 0 Å². The fraction of sp³-hybridized carbons (Fsp3) is 0. The monoisotopic (exact) mass is 552 g/mol. The van der Waals surface area contributed by atoms with E-state index < -0.39 is 0 Å². The summed E-state index contributed by atoms with van der Waals surface area (Å²) in [6, 6.07) is 45.6. The molecule has 2 heterocycles. The van der Waals surface area contributed by atoms with E-state index in [1.54, 1.807) is 29.5 Å². The van der Waals surface area contributed by atoms with Crippen molar-refractivity contribution in [3.63, 3.8) is 0 Å². The topological polar surface area (TPSA) is 60.7 Å². The van der Waals surface area contributed by atoms with E-state index in [-0.39, 0.29) is 0 Å². The second kappa shape index (κ2) is 9.46. The molecule has 0 aliphatic heterocycles. The predicted molar refractivity (Wildman–Crippen MR) is 172 cm³/mol. The molecule has 4 heteroatoms. The molecule has 0 radical (unpaired) electrons. The molecule has 6 aromatic carbocycles. The number of fused-ring (bicyclic) bond motifs is 6. The molecular weight excluding hydrogens is 532 g/mol. The van der Waals surface area contributed by atoms with Gasteiger partial charge < -0.3 is 4.42 Å². The average Bonchev–Trinajstić information content (AvgIpc) is 3.62. The summed E-state index contributed by atoms with van der Waals surface area (Å²) in [5, 5.41) is 24.7. The number of para-hydroxylation sites is 2. The highest BCUT2D eigenvalue weighted by atomic mass is 32.1. The third-order valence-electron chi connectivity index (χ3n) is 7.96. The maximum atomic E-state index is 10.0. The van der Waals surface area contributed by atoms with Crippen LogP contribution in [0, 0.1) is 22.7 Å². The zero-order chi connectivity index (χ0) is 28.2. The molecule has 0 aliphatic rings. The Morgan fingerprint density at radius 1 is 0.524 bits per heavy atom. The maximum absolute atomic E-state index is 10.0. The van der Waals surface area contributed by atoms with Crippen molar-refractivity contribution in [3.8, 4) is 45.5 Å². The van der Waals surface area contributed by atoms with Crippen LogP contribution in [0.2, 0.25) is 0 Å². The molecule has 8 aromatic rings. The number of hydrogen-bond donors (Lipinski definition) is 0. The molecule has 0 bridgehead atoms. The second-order valence-corrected chi connectivity index (χ2v) is 11.4. The van der Waals surface area contributed by atoms with E-state index in [0.29, 0.717) is 16.7 Å². The van der Waals surface area contributed by atoms with Gasteiger partial charge in [-0.2, -0.15) is 10.5 Å². The van der Waals surface area contributed by atoms with E-state index in [4.69, 9.17) is 4.42 Å². The zero-order valence-electron chi connectivity index (χ0n) is 22.3. The SMILES string of the molecule is N#Cc1cccc(C#N)c1-c1cc(-c2cccc3c2oc2ccccc23)cc(-c2cccc3c2sc2ccccc23)c1. The highest BCUT2D eigenvalue weighted by Crippen LogP contribution is 2.44. The molecular formula is C38H20N2OS. The van der Waals surface area contributed by atoms with E-state index in [0.717, 1.165) is 49.8 Å². The summed E-state index contributed by atoms with van der Waals surface area (Å²) < 4.78 is 8.87. The van der Waals surface area contributed by atoms with Gasteiger partial charge in [-0.05, 0) is 64.7 Å². The molecule has 0 N–H and O–H groups in total. The smallest absolute Gasteiger partial charge is 0.143 e. The minimum Gasteiger partial charge on any atom is -0.455 e. The maximum Gasteiger partial charge on any atom is 0.143 e. The van der Waals surface area contributed by atoms with Crippen LogP contribution in [-0.4, -0.2) is 0 Å². The molecule has 0 spiro atoms. The van der Waals surface area contributed by atoms with E-state index in [2.05, 4.69) is 97.1 Å². The van der Waals surface area contributed by atoms with Crippen molar-refractivity contribution in [2.75, 3.05) is 0 Å². The highest BCUT2D eigenvalue weighted by molar-refractivity contribution is 7.26. The number of benzene rings is 6. The average molecular weight is 553 g/mol. The second-order valence-electron chi connectivity index (χ2n) is 10.3. The minimum absolute atomic E-state index is 0.471. The molecule has 0 aliphatic carbocycles. The summed E-state index contributed by atoms with van der Waals surface area (Å²) >= 11 is 1.78. The van der Waals surface area contributed by atoms with Crippen molar-refractivity contribution in [2.24, 2.45) is 0 Å². The first-order chi connectivity index (χ1) is 20.7. The summed E-state index contributed by atoms with van der Waals surface area (Å²) in [5.74, 6) is 0. The summed E-state index contributed by atoms with van der Waals surface area (Å²) in [4.78, 5) is 0. The fourth-order valence-corrected chi connectivity index (χ4v) is 7.32. The lowest BCUT2D eigenvalue weighted by Gasteiger charge is -2.14. The number of furan rings is 1. The Labute approximate surface area is 245 Å². The largest absolute Gasteiger partial charge is 0.455 e. The van der Waals surface area contributed by atoms with Gasteiger partial charge in [-0.1, -0.05) is 78.9 Å². The molecule has 42 heavy (non-hydrogen) atoms. The molecule has 194 valence electrons. The van der Waals surface area contributed by atoms with Crippen LogP contribution in [0.1, 0.15) is 11.1 Å². The molecule has 0 amide bonds. The van der Waals surface area contributed by atoms with Crippen LogP contribution < -0.4 is 0 Å². The predicted octanol–water partition coefficient (Wildman–Crippen LogP) is 10.7. The van der Waals surface area contributed by atoms with E-state index in [9.17, 15) is 10.5 Å². The van der Waals surface area contributed by atoms with Crippen molar-refractivity contribution < 1.29 is 4.42 Å². The van der Waals surface area contributed by atoms with Gasteiger partial charge in [0.2, 0.25) is 0 Å². The van der Waals surface area contributed by atoms with E-state index in [1.165, 1.54) is 20.2 Å². The zero-order valence-corrected chi connectivity index (χ0v) is 23.1. The molecule has 0 atom stereocenters. The van der Waals surface area contributed by atoms with Crippen molar-refractivity contribution in [2.45, 2.75) is 0 Å². The first-order valence-electron chi connectivity index (χ1n) is 13.6. The van der Waals surface area contributed by atoms with Crippen LogP contribution >= 0.6 is 11.3 Å². The Morgan fingerprint density at radius 2 is 1.12 bits per heavy atom. The summed E-state index contributed by atoms with van der Waals surface area (Å²) in [6.45, 7) is 0. The molecule has 0 unspecified atom stereocenters. The van der Waals surface area contributed by atoms with Crippen LogP contribution in [0.4, 0.5) is 0 Å². The standard InChI is InChI=1S/C38H20N2OS/c39-21-23-8-5-9-24(22-40)36(23)27-19-25(28-12-6-14-32-30-10-1-3-16-34(30)41-37(28)32)18-26(20-27)29-13-7-15-33-31-11-2-4-17-35(31)42-38(29)33/h1-20H. The van der Waals surface area contributed by atoms with Gasteiger partial charge in [-0.3, -0.25) is 0 Å². The van der Waals surface area contributed by atoms with Gasteiger partial charge in [-0.25, -0.2) is 0 Å². The summed E-state index contributed by atoms with van der Waals surface area (Å²) in [5.41, 5.74) is 8.12. The quantitative estimate of drug-likeness (QED) is 0.219. The first kappa shape index (κ1) is 24.1. The van der Waals surface area contributed by atoms with Crippen LogP contribution in [0.15, 0.2) is 126 Å². The van der Waals surface area contributed by atoms with E-state index in [1.807, 2.05) is 18.2 Å². The lowest BCUT2D eigenvalue weighted by atomic mass is 9.89. The van der Waals surface area contributed by atoms with Crippen molar-refractivity contribution in [1.29, 1.82) is 10.5 Å². The molecule has 0 saturated carbocycles. The Kier molecular flexibility index (Phi) is 5.44. The van der Waals surface area contributed by atoms with Crippen molar-refractivity contribution in [3.05, 3.63) is 132 Å². The van der Waals surface area contributed by atoms with Gasteiger partial charge in [0, 0.05) is 42.1 Å². The number of hydrogen-bond acceptors (Lipinski definition) is 4. The van der Waals surface area contributed by atoms with Crippen molar-refractivity contribution in [1.82, 2.24) is 0 Å². The Balaban J connectivity index is 1.47. The lowest BCUT2D eigenvalue weighted by Crippen LogP contribution is -1.92. The van der Waals surface area contributed by atoms with Crippen molar-refractivity contribution >= 4 is 53.4 Å². The summed E-state index contributed by atoms with van der Waals surface area (Å²) in [7, 11) is 0. The van der Waals surface area contributed by atoms with Gasteiger partial charge in [-0.15, -0.1) is 11.3 Å². The van der Waals surface area contributed by atoms with E-state index >= 15 is 0 Å². The molecule has 2 aromatic heterocycles. The molecule has 0 fully saturated rings. The number of nitriles is 2. The Bertz CT molecular complexity index is 2280. The normalized spacial score (nSPS) is 11.3. The van der Waals surface area contributed by atoms with Gasteiger partial charge in [0.1, 0.15) is 11.2 Å². The molecule has 3 nitrogen and oxygen atoms in total. The number of thiophene rings is 1. The Morgan fingerprint density at radius 3 is 1.90 bits per heavy atom. The summed E-state index contributed by atoms with van der Waals surface area (Å²) in [6.07, 6.45) is 0. The highest BCUT2D eigenvalue weighted by Gasteiger charge is 2.18. The van der Waals surface area contributed by atoms with Crippen LogP contribution in [0.5, 0.6) is 0 Å². The lowest BCUT2D eigenvalue weighted by molar-refractivity contribution is 0.670. The molecule has 0 saturated heterocycles. The van der Waals surface area contributed by atoms with Gasteiger partial charge in [0.15, 0.2) is 0 Å². The van der Waals surface area contributed by atoms with Gasteiger partial charge in [0.05, 0.1) is 23.3 Å².